The lowest BCUT2D eigenvalue weighted by Gasteiger charge is -2.41. The molecule has 28 heavy (non-hydrogen) atoms. The molecular formula is C11H5F15O2. The minimum atomic E-state index is -8.39. The van der Waals surface area contributed by atoms with Gasteiger partial charge in [-0.1, -0.05) is 6.58 Å². The second-order valence-electron chi connectivity index (χ2n) is 5.16. The van der Waals surface area contributed by atoms with Crippen molar-refractivity contribution in [1.82, 2.24) is 0 Å². The lowest BCUT2D eigenvalue weighted by Crippen LogP contribution is -2.72. The average molecular weight is 454 g/mol. The third-order valence-electron chi connectivity index (χ3n) is 3.13. The number of alkyl halides is 15. The monoisotopic (exact) mass is 454 g/mol. The quantitative estimate of drug-likeness (QED) is 0.395. The van der Waals surface area contributed by atoms with Crippen LogP contribution < -0.4 is 0 Å². The number of rotatable bonds is 8. The fourth-order valence-electron chi connectivity index (χ4n) is 1.45. The first-order valence-electron chi connectivity index (χ1n) is 6.07. The van der Waals surface area contributed by atoms with E-state index in [4.69, 9.17) is 5.11 Å². The van der Waals surface area contributed by atoms with Crippen LogP contribution in [0.3, 0.4) is 0 Å². The van der Waals surface area contributed by atoms with Crippen molar-refractivity contribution in [2.45, 2.75) is 48.1 Å². The molecule has 0 saturated carbocycles. The summed E-state index contributed by atoms with van der Waals surface area (Å²) in [6.45, 7) is 2.16. The number of hydrogen-bond donors (Lipinski definition) is 1. The summed E-state index contributed by atoms with van der Waals surface area (Å²) in [4.78, 5) is 10.2. The van der Waals surface area contributed by atoms with Gasteiger partial charge in [0.15, 0.2) is 0 Å². The molecule has 0 amide bonds. The molecule has 0 aromatic carbocycles. The summed E-state index contributed by atoms with van der Waals surface area (Å²) in [7, 11) is 0. The predicted molar refractivity (Wildman–Crippen MR) is 57.1 cm³/mol. The topological polar surface area (TPSA) is 37.3 Å². The average Bonchev–Trinajstić information content (AvgIpc) is 2.44. The highest BCUT2D eigenvalue weighted by Crippen LogP contribution is 2.62. The molecule has 0 fully saturated rings. The number of carboxylic acids is 1. The minimum Gasteiger partial charge on any atom is -0.478 e. The normalized spacial score (nSPS) is 15.5. The van der Waals surface area contributed by atoms with Gasteiger partial charge in [0.05, 0.1) is 0 Å². The molecule has 0 rings (SSSR count). The summed E-state index contributed by atoms with van der Waals surface area (Å²) >= 11 is 0. The van der Waals surface area contributed by atoms with Crippen molar-refractivity contribution in [3.05, 3.63) is 12.2 Å². The van der Waals surface area contributed by atoms with Crippen molar-refractivity contribution < 1.29 is 75.8 Å². The molecule has 0 saturated heterocycles. The first-order chi connectivity index (χ1) is 11.8. The molecule has 0 aliphatic heterocycles. The van der Waals surface area contributed by atoms with Crippen LogP contribution in [0.2, 0.25) is 0 Å². The van der Waals surface area contributed by atoms with Crippen molar-refractivity contribution in [3.8, 4) is 0 Å². The van der Waals surface area contributed by atoms with Gasteiger partial charge in [0.2, 0.25) is 0 Å². The Morgan fingerprint density at radius 3 is 1.18 bits per heavy atom. The van der Waals surface area contributed by atoms with Crippen LogP contribution >= 0.6 is 0 Å². The van der Waals surface area contributed by atoms with Crippen LogP contribution in [0.4, 0.5) is 65.9 Å². The van der Waals surface area contributed by atoms with Crippen LogP contribution in [-0.2, 0) is 4.79 Å². The molecule has 0 aliphatic carbocycles. The Kier molecular flexibility index (Phi) is 6.17. The Hall–Kier alpha value is -1.84. The number of carboxylic acid groups (broad SMARTS) is 1. The number of halogens is 15. The summed E-state index contributed by atoms with van der Waals surface area (Å²) in [6.07, 6.45) is -10.7. The van der Waals surface area contributed by atoms with Gasteiger partial charge in [-0.3, -0.25) is 0 Å². The van der Waals surface area contributed by atoms with E-state index in [2.05, 4.69) is 6.58 Å². The fourth-order valence-corrected chi connectivity index (χ4v) is 1.45. The maximum absolute atomic E-state index is 13.2. The van der Waals surface area contributed by atoms with Crippen molar-refractivity contribution >= 4 is 5.97 Å². The summed E-state index contributed by atoms with van der Waals surface area (Å²) < 4.78 is 192. The van der Waals surface area contributed by atoms with E-state index in [0.29, 0.717) is 0 Å². The van der Waals surface area contributed by atoms with Crippen LogP contribution in [0, 0.1) is 0 Å². The lowest BCUT2D eigenvalue weighted by molar-refractivity contribution is -0.452. The maximum atomic E-state index is 13.2. The summed E-state index contributed by atoms with van der Waals surface area (Å²) in [5.41, 5.74) is -2.03. The third kappa shape index (κ3) is 3.46. The fraction of sp³-hybridized carbons (Fsp3) is 0.727. The number of hydrogen-bond acceptors (Lipinski definition) is 1. The van der Waals surface area contributed by atoms with Gasteiger partial charge in [0, 0.05) is 12.0 Å². The highest BCUT2D eigenvalue weighted by atomic mass is 19.4. The molecule has 0 aromatic rings. The Balaban J connectivity index is 6.47. The second kappa shape index (κ2) is 6.60. The van der Waals surface area contributed by atoms with Gasteiger partial charge in [0.1, 0.15) is 0 Å². The van der Waals surface area contributed by atoms with Gasteiger partial charge in [-0.25, -0.2) is 4.79 Å². The van der Waals surface area contributed by atoms with Crippen molar-refractivity contribution in [1.29, 1.82) is 0 Å². The molecule has 0 heterocycles. The SMILES string of the molecule is C=C(CC(F)(F)C(F)(F)C(F)(F)C(F)(F)C(F)(F)C(F)(F)C(F)(F)F)C(=O)O. The highest BCUT2D eigenvalue weighted by Gasteiger charge is 2.93. The van der Waals surface area contributed by atoms with Crippen molar-refractivity contribution in [2.75, 3.05) is 0 Å². The molecule has 166 valence electrons. The van der Waals surface area contributed by atoms with Gasteiger partial charge in [-0.15, -0.1) is 0 Å². The first-order valence-corrected chi connectivity index (χ1v) is 6.07. The zero-order valence-corrected chi connectivity index (χ0v) is 12.4. The van der Waals surface area contributed by atoms with E-state index in [1.807, 2.05) is 0 Å². The molecule has 1 N–H and O–H groups in total. The third-order valence-corrected chi connectivity index (χ3v) is 3.13. The number of carbonyl (C=O) groups is 1. The molecular weight excluding hydrogens is 449 g/mol. The van der Waals surface area contributed by atoms with Gasteiger partial charge in [-0.2, -0.15) is 65.9 Å². The zero-order chi connectivity index (χ0) is 23.4. The van der Waals surface area contributed by atoms with Gasteiger partial charge >= 0.3 is 47.7 Å². The van der Waals surface area contributed by atoms with Crippen molar-refractivity contribution in [3.63, 3.8) is 0 Å². The molecule has 0 radical (unpaired) electrons. The van der Waals surface area contributed by atoms with E-state index in [0.717, 1.165) is 0 Å². The lowest BCUT2D eigenvalue weighted by atomic mass is 9.89. The van der Waals surface area contributed by atoms with E-state index < -0.39 is 59.7 Å². The Labute approximate surface area is 143 Å². The standard InChI is InChI=1S/C11H5F15O2/c1-3(4(27)28)2-5(12,13)6(14,15)7(16,17)8(18,19)9(20,21)10(22,23)11(24,25)26/h1-2H2,(H,27,28). The van der Waals surface area contributed by atoms with E-state index in [1.165, 1.54) is 0 Å². The first kappa shape index (κ1) is 26.2. The molecule has 0 atom stereocenters. The summed E-state index contributed by atoms with van der Waals surface area (Å²) in [5.74, 6) is -49.9. The molecule has 0 unspecified atom stereocenters. The van der Waals surface area contributed by atoms with E-state index in [1.54, 1.807) is 0 Å². The van der Waals surface area contributed by atoms with E-state index in [9.17, 15) is 70.7 Å². The molecule has 0 aliphatic rings. The van der Waals surface area contributed by atoms with Crippen LogP contribution in [0.1, 0.15) is 6.42 Å². The highest BCUT2D eigenvalue weighted by molar-refractivity contribution is 5.85. The van der Waals surface area contributed by atoms with Crippen LogP contribution in [0.25, 0.3) is 0 Å². The second-order valence-corrected chi connectivity index (χ2v) is 5.16. The van der Waals surface area contributed by atoms with Gasteiger partial charge < -0.3 is 5.11 Å². The van der Waals surface area contributed by atoms with Crippen molar-refractivity contribution in [2.24, 2.45) is 0 Å². The predicted octanol–water partition coefficient (Wildman–Crippen LogP) is 5.39. The Bertz CT molecular complexity index is 630. The molecule has 0 bridgehead atoms. The molecule has 2 nitrogen and oxygen atoms in total. The number of aliphatic carboxylic acids is 1. The largest absolute Gasteiger partial charge is 0.478 e. The Morgan fingerprint density at radius 1 is 0.607 bits per heavy atom. The minimum absolute atomic E-state index is 2.03. The Morgan fingerprint density at radius 2 is 0.893 bits per heavy atom. The molecule has 17 heteroatoms. The van der Waals surface area contributed by atoms with E-state index in [-0.39, 0.29) is 0 Å². The van der Waals surface area contributed by atoms with Crippen LogP contribution in [0.5, 0.6) is 0 Å². The van der Waals surface area contributed by atoms with Crippen LogP contribution in [0.15, 0.2) is 12.2 Å². The van der Waals surface area contributed by atoms with Crippen LogP contribution in [-0.4, -0.2) is 52.8 Å². The summed E-state index contributed by atoms with van der Waals surface area (Å²) in [5, 5.41) is 8.14. The maximum Gasteiger partial charge on any atom is 0.460 e. The van der Waals surface area contributed by atoms with Gasteiger partial charge in [0.25, 0.3) is 0 Å². The molecule has 0 spiro atoms. The smallest absolute Gasteiger partial charge is 0.460 e. The zero-order valence-electron chi connectivity index (χ0n) is 12.4. The van der Waals surface area contributed by atoms with E-state index >= 15 is 0 Å². The van der Waals surface area contributed by atoms with Gasteiger partial charge in [-0.05, 0) is 0 Å². The summed E-state index contributed by atoms with van der Waals surface area (Å²) in [6, 6.07) is 0. The molecule has 0 aromatic heterocycles.